The van der Waals surface area contributed by atoms with E-state index >= 15 is 0 Å². The molecule has 2 heteroatoms. The maximum Gasteiger partial charge on any atom is 0.120 e. The van der Waals surface area contributed by atoms with Crippen LogP contribution < -0.4 is 5.32 Å². The van der Waals surface area contributed by atoms with Gasteiger partial charge in [-0.3, -0.25) is 0 Å². The summed E-state index contributed by atoms with van der Waals surface area (Å²) in [5.41, 5.74) is 0. The van der Waals surface area contributed by atoms with Crippen molar-refractivity contribution in [1.29, 1.82) is 0 Å². The quantitative estimate of drug-likeness (QED) is 0.739. The minimum Gasteiger partial charge on any atom is -0.468 e. The molecule has 0 aromatic carbocycles. The largest absolute Gasteiger partial charge is 0.468 e. The minimum absolute atomic E-state index is 0.372. The van der Waals surface area contributed by atoms with Crippen LogP contribution in [0.4, 0.5) is 0 Å². The fourth-order valence-electron chi connectivity index (χ4n) is 2.15. The van der Waals surface area contributed by atoms with E-state index in [2.05, 4.69) is 25.2 Å². The highest BCUT2D eigenvalue weighted by Gasteiger charge is 2.21. The molecule has 0 aliphatic carbocycles. The Morgan fingerprint density at radius 3 is 2.67 bits per heavy atom. The van der Waals surface area contributed by atoms with Crippen LogP contribution in [0, 0.1) is 5.92 Å². The van der Waals surface area contributed by atoms with Gasteiger partial charge in [-0.1, -0.05) is 33.1 Å². The summed E-state index contributed by atoms with van der Waals surface area (Å²) in [5, 5.41) is 3.37. The molecule has 2 nitrogen and oxygen atoms in total. The SMILES string of the molecule is CCCCC(CC)C(NC)c1ccco1. The van der Waals surface area contributed by atoms with Gasteiger partial charge in [0, 0.05) is 0 Å². The Morgan fingerprint density at radius 2 is 2.20 bits per heavy atom. The highest BCUT2D eigenvalue weighted by Crippen LogP contribution is 2.28. The second-order valence-electron chi connectivity index (χ2n) is 4.09. The Hall–Kier alpha value is -0.760. The molecule has 1 aromatic heterocycles. The highest BCUT2D eigenvalue weighted by molar-refractivity contribution is 5.05. The van der Waals surface area contributed by atoms with E-state index in [0.717, 1.165) is 5.76 Å². The lowest BCUT2D eigenvalue weighted by atomic mass is 9.90. The molecular weight excluding hydrogens is 186 g/mol. The van der Waals surface area contributed by atoms with Crippen LogP contribution in [0.25, 0.3) is 0 Å². The third-order valence-corrected chi connectivity index (χ3v) is 3.08. The molecule has 1 aromatic rings. The zero-order valence-corrected chi connectivity index (χ0v) is 10.1. The van der Waals surface area contributed by atoms with Gasteiger partial charge >= 0.3 is 0 Å². The Morgan fingerprint density at radius 1 is 1.40 bits per heavy atom. The van der Waals surface area contributed by atoms with Gasteiger partial charge in [0.25, 0.3) is 0 Å². The maximum absolute atomic E-state index is 5.49. The summed E-state index contributed by atoms with van der Waals surface area (Å²) in [5.74, 6) is 1.75. The molecule has 0 bridgehead atoms. The smallest absolute Gasteiger partial charge is 0.120 e. The van der Waals surface area contributed by atoms with Gasteiger partial charge in [0.2, 0.25) is 0 Å². The lowest BCUT2D eigenvalue weighted by Crippen LogP contribution is -2.24. The molecule has 1 heterocycles. The van der Waals surface area contributed by atoms with Gasteiger partial charge in [-0.25, -0.2) is 0 Å². The normalized spacial score (nSPS) is 15.1. The molecular formula is C13H23NO. The van der Waals surface area contributed by atoms with Crippen LogP contribution >= 0.6 is 0 Å². The third kappa shape index (κ3) is 3.38. The fourth-order valence-corrected chi connectivity index (χ4v) is 2.15. The number of rotatable bonds is 7. The predicted octanol–water partition coefficient (Wildman–Crippen LogP) is 3.76. The van der Waals surface area contributed by atoms with Gasteiger partial charge in [-0.05, 0) is 31.5 Å². The molecule has 0 saturated carbocycles. The Labute approximate surface area is 93.1 Å². The number of nitrogens with one attached hydrogen (secondary N) is 1. The van der Waals surface area contributed by atoms with Crippen molar-refractivity contribution in [3.63, 3.8) is 0 Å². The fraction of sp³-hybridized carbons (Fsp3) is 0.692. The lowest BCUT2D eigenvalue weighted by molar-refractivity contribution is 0.295. The monoisotopic (exact) mass is 209 g/mol. The van der Waals surface area contributed by atoms with Crippen molar-refractivity contribution >= 4 is 0 Å². The van der Waals surface area contributed by atoms with Crippen LogP contribution in [0.1, 0.15) is 51.3 Å². The van der Waals surface area contributed by atoms with Gasteiger partial charge in [0.05, 0.1) is 12.3 Å². The van der Waals surface area contributed by atoms with E-state index in [1.54, 1.807) is 6.26 Å². The molecule has 0 aliphatic heterocycles. The molecule has 0 radical (unpaired) electrons. The van der Waals surface area contributed by atoms with Crippen LogP contribution in [-0.4, -0.2) is 7.05 Å². The molecule has 0 fully saturated rings. The predicted molar refractivity (Wildman–Crippen MR) is 63.8 cm³/mol. The van der Waals surface area contributed by atoms with E-state index in [-0.39, 0.29) is 0 Å². The zero-order chi connectivity index (χ0) is 11.1. The number of furan rings is 1. The average molecular weight is 209 g/mol. The van der Waals surface area contributed by atoms with Crippen molar-refractivity contribution in [3.05, 3.63) is 24.2 Å². The molecule has 1 rings (SSSR count). The van der Waals surface area contributed by atoms with Gasteiger partial charge in [-0.15, -0.1) is 0 Å². The standard InChI is InChI=1S/C13H23NO/c1-4-6-8-11(5-2)13(14-3)12-9-7-10-15-12/h7,9-11,13-14H,4-6,8H2,1-3H3. The van der Waals surface area contributed by atoms with Crippen LogP contribution in [0.2, 0.25) is 0 Å². The second-order valence-corrected chi connectivity index (χ2v) is 4.09. The van der Waals surface area contributed by atoms with Crippen LogP contribution in [0.15, 0.2) is 22.8 Å². The summed E-state index contributed by atoms with van der Waals surface area (Å²) in [6.45, 7) is 4.50. The van der Waals surface area contributed by atoms with Gasteiger partial charge < -0.3 is 9.73 Å². The van der Waals surface area contributed by atoms with E-state index in [9.17, 15) is 0 Å². The van der Waals surface area contributed by atoms with E-state index < -0.39 is 0 Å². The molecule has 0 spiro atoms. The van der Waals surface area contributed by atoms with Gasteiger partial charge in [0.15, 0.2) is 0 Å². The first-order valence-corrected chi connectivity index (χ1v) is 6.04. The molecule has 2 unspecified atom stereocenters. The second kappa shape index (κ2) is 6.67. The maximum atomic E-state index is 5.49. The van der Waals surface area contributed by atoms with E-state index in [0.29, 0.717) is 12.0 Å². The van der Waals surface area contributed by atoms with Crippen LogP contribution in [0.5, 0.6) is 0 Å². The Kier molecular flexibility index (Phi) is 5.48. The summed E-state index contributed by atoms with van der Waals surface area (Å²) in [7, 11) is 2.02. The summed E-state index contributed by atoms with van der Waals surface area (Å²) < 4.78 is 5.49. The van der Waals surface area contributed by atoms with Crippen molar-refractivity contribution in [3.8, 4) is 0 Å². The summed E-state index contributed by atoms with van der Waals surface area (Å²) >= 11 is 0. The van der Waals surface area contributed by atoms with Crippen LogP contribution in [0.3, 0.4) is 0 Å². The van der Waals surface area contributed by atoms with E-state index in [1.807, 2.05) is 13.1 Å². The molecule has 15 heavy (non-hydrogen) atoms. The number of hydrogen-bond acceptors (Lipinski definition) is 2. The van der Waals surface area contributed by atoms with Crippen LogP contribution in [-0.2, 0) is 0 Å². The Balaban J connectivity index is 2.62. The summed E-state index contributed by atoms with van der Waals surface area (Å²) in [4.78, 5) is 0. The number of unbranched alkanes of at least 4 members (excludes halogenated alkanes) is 1. The number of hydrogen-bond donors (Lipinski definition) is 1. The first kappa shape index (κ1) is 12.3. The van der Waals surface area contributed by atoms with Gasteiger partial charge in [-0.2, -0.15) is 0 Å². The highest BCUT2D eigenvalue weighted by atomic mass is 16.3. The molecule has 0 amide bonds. The minimum atomic E-state index is 0.372. The van der Waals surface area contributed by atoms with E-state index in [4.69, 9.17) is 4.42 Å². The molecule has 1 N–H and O–H groups in total. The Bertz CT molecular complexity index is 243. The first-order valence-electron chi connectivity index (χ1n) is 6.04. The molecule has 2 atom stereocenters. The zero-order valence-electron chi connectivity index (χ0n) is 10.1. The average Bonchev–Trinajstić information content (AvgIpc) is 2.77. The summed E-state index contributed by atoms with van der Waals surface area (Å²) in [6, 6.07) is 4.40. The van der Waals surface area contributed by atoms with Gasteiger partial charge in [0.1, 0.15) is 5.76 Å². The first-order chi connectivity index (χ1) is 7.33. The molecule has 0 saturated heterocycles. The topological polar surface area (TPSA) is 25.2 Å². The molecule has 0 aliphatic rings. The lowest BCUT2D eigenvalue weighted by Gasteiger charge is -2.24. The van der Waals surface area contributed by atoms with Crippen molar-refractivity contribution < 1.29 is 4.42 Å². The van der Waals surface area contributed by atoms with Crippen molar-refractivity contribution in [2.24, 2.45) is 5.92 Å². The van der Waals surface area contributed by atoms with Crippen molar-refractivity contribution in [2.45, 2.75) is 45.6 Å². The molecule has 86 valence electrons. The van der Waals surface area contributed by atoms with Crippen molar-refractivity contribution in [2.75, 3.05) is 7.05 Å². The third-order valence-electron chi connectivity index (χ3n) is 3.08. The van der Waals surface area contributed by atoms with Crippen molar-refractivity contribution in [1.82, 2.24) is 5.32 Å². The van der Waals surface area contributed by atoms with E-state index in [1.165, 1.54) is 25.7 Å². The summed E-state index contributed by atoms with van der Waals surface area (Å²) in [6.07, 6.45) is 6.81.